The fourth-order valence-corrected chi connectivity index (χ4v) is 3.02. The summed E-state index contributed by atoms with van der Waals surface area (Å²) in [5.74, 6) is 0.100. The molecule has 3 rings (SSSR count). The second-order valence-electron chi connectivity index (χ2n) is 5.89. The number of rotatable bonds is 4. The molecule has 2 aliphatic rings. The summed E-state index contributed by atoms with van der Waals surface area (Å²) in [5, 5.41) is 10.1. The predicted molar refractivity (Wildman–Crippen MR) is 72.6 cm³/mol. The van der Waals surface area contributed by atoms with Gasteiger partial charge in [-0.15, -0.1) is 0 Å². The van der Waals surface area contributed by atoms with Crippen LogP contribution in [0.25, 0.3) is 0 Å². The van der Waals surface area contributed by atoms with Gasteiger partial charge in [0.25, 0.3) is 5.91 Å². The van der Waals surface area contributed by atoms with Crippen molar-refractivity contribution in [1.82, 2.24) is 9.80 Å². The molecule has 0 unspecified atom stereocenters. The number of benzene rings is 1. The molecule has 4 nitrogen and oxygen atoms in total. The van der Waals surface area contributed by atoms with Crippen molar-refractivity contribution in [2.45, 2.75) is 31.4 Å². The zero-order valence-corrected chi connectivity index (χ0v) is 11.3. The Labute approximate surface area is 113 Å². The molecule has 1 amide bonds. The first kappa shape index (κ1) is 12.6. The van der Waals surface area contributed by atoms with Crippen LogP contribution in [-0.4, -0.2) is 46.7 Å². The van der Waals surface area contributed by atoms with Crippen molar-refractivity contribution in [3.63, 3.8) is 0 Å². The molecule has 0 radical (unpaired) electrons. The largest absolute Gasteiger partial charge is 0.389 e. The van der Waals surface area contributed by atoms with Gasteiger partial charge in [-0.25, -0.2) is 0 Å². The van der Waals surface area contributed by atoms with Crippen molar-refractivity contribution < 1.29 is 9.90 Å². The average Bonchev–Trinajstić information content (AvgIpc) is 2.65. The van der Waals surface area contributed by atoms with Gasteiger partial charge in [0, 0.05) is 18.7 Å². The molecule has 4 heteroatoms. The highest BCUT2D eigenvalue weighted by molar-refractivity contribution is 5.98. The van der Waals surface area contributed by atoms with Crippen molar-refractivity contribution in [1.29, 1.82) is 0 Å². The van der Waals surface area contributed by atoms with Crippen molar-refractivity contribution in [3.8, 4) is 0 Å². The lowest BCUT2D eigenvalue weighted by molar-refractivity contribution is -0.0603. The Hall–Kier alpha value is -1.39. The third-order valence-corrected chi connectivity index (χ3v) is 4.16. The smallest absolute Gasteiger partial charge is 0.255 e. The summed E-state index contributed by atoms with van der Waals surface area (Å²) in [7, 11) is 1.96. The molecule has 102 valence electrons. The number of fused-ring (bicyclic) bond motifs is 1. The number of nitrogens with zero attached hydrogens (tertiary/aromatic N) is 2. The van der Waals surface area contributed by atoms with E-state index >= 15 is 0 Å². The third-order valence-electron chi connectivity index (χ3n) is 4.16. The maximum atomic E-state index is 12.2. The number of amides is 1. The quantitative estimate of drug-likeness (QED) is 0.891. The summed E-state index contributed by atoms with van der Waals surface area (Å²) in [5.41, 5.74) is 1.39. The first-order valence-electron chi connectivity index (χ1n) is 6.86. The van der Waals surface area contributed by atoms with Crippen molar-refractivity contribution >= 4 is 5.91 Å². The molecule has 0 saturated heterocycles. The van der Waals surface area contributed by atoms with Gasteiger partial charge in [0.1, 0.15) is 0 Å². The van der Waals surface area contributed by atoms with E-state index in [1.807, 2.05) is 41.1 Å². The molecule has 1 aromatic carbocycles. The molecule has 0 atom stereocenters. The number of hydrogen-bond donors (Lipinski definition) is 1. The van der Waals surface area contributed by atoms with Crippen LogP contribution in [0.4, 0.5) is 0 Å². The molecular weight excluding hydrogens is 240 g/mol. The Kier molecular flexibility index (Phi) is 3.07. The van der Waals surface area contributed by atoms with E-state index in [1.54, 1.807) is 0 Å². The molecule has 1 fully saturated rings. The van der Waals surface area contributed by atoms with Crippen LogP contribution in [0.1, 0.15) is 35.2 Å². The van der Waals surface area contributed by atoms with Gasteiger partial charge in [-0.05, 0) is 37.9 Å². The number of aliphatic hydroxyl groups is 1. The van der Waals surface area contributed by atoms with Gasteiger partial charge < -0.3 is 10.0 Å². The first-order valence-corrected chi connectivity index (χ1v) is 6.86. The topological polar surface area (TPSA) is 43.8 Å². The van der Waals surface area contributed by atoms with Crippen molar-refractivity contribution in [3.05, 3.63) is 35.4 Å². The van der Waals surface area contributed by atoms with Crippen LogP contribution in [0.15, 0.2) is 24.3 Å². The second kappa shape index (κ2) is 4.62. The fourth-order valence-electron chi connectivity index (χ4n) is 3.02. The van der Waals surface area contributed by atoms with Crippen molar-refractivity contribution in [2.75, 3.05) is 20.3 Å². The highest BCUT2D eigenvalue weighted by atomic mass is 16.3. The molecular formula is C15H20N2O2. The fraction of sp³-hybridized carbons (Fsp3) is 0.533. The standard InChI is InChI=1S/C15H20N2O2/c1-16(10-15(19)7-4-8-15)11-17-9-12-5-2-3-6-13(12)14(17)18/h2-3,5-6,19H,4,7-11H2,1H3. The van der Waals surface area contributed by atoms with Crippen LogP contribution in [0.2, 0.25) is 0 Å². The number of hydrogen-bond acceptors (Lipinski definition) is 3. The minimum absolute atomic E-state index is 0.100. The maximum absolute atomic E-state index is 12.2. The van der Waals surface area contributed by atoms with E-state index in [9.17, 15) is 9.90 Å². The van der Waals surface area contributed by atoms with Crippen LogP contribution >= 0.6 is 0 Å². The van der Waals surface area contributed by atoms with Crippen LogP contribution in [0.3, 0.4) is 0 Å². The zero-order chi connectivity index (χ0) is 13.5. The molecule has 1 aromatic rings. The summed E-state index contributed by atoms with van der Waals surface area (Å²) in [4.78, 5) is 16.1. The van der Waals surface area contributed by atoms with E-state index in [4.69, 9.17) is 0 Å². The normalized spacial score (nSPS) is 20.6. The molecule has 19 heavy (non-hydrogen) atoms. The van der Waals surface area contributed by atoms with E-state index in [-0.39, 0.29) is 5.91 Å². The summed E-state index contributed by atoms with van der Waals surface area (Å²) in [6.07, 6.45) is 2.87. The lowest BCUT2D eigenvalue weighted by atomic mass is 9.80. The number of carbonyl (C=O) groups is 1. The number of carbonyl (C=O) groups excluding carboxylic acids is 1. The molecule has 1 aliphatic heterocycles. The van der Waals surface area contributed by atoms with Gasteiger partial charge in [-0.2, -0.15) is 0 Å². The van der Waals surface area contributed by atoms with E-state index in [2.05, 4.69) is 0 Å². The van der Waals surface area contributed by atoms with Crippen LogP contribution < -0.4 is 0 Å². The lowest BCUT2D eigenvalue weighted by Crippen LogP contribution is -2.49. The van der Waals surface area contributed by atoms with E-state index in [1.165, 1.54) is 0 Å². The molecule has 1 saturated carbocycles. The van der Waals surface area contributed by atoms with E-state index in [0.717, 1.165) is 30.4 Å². The summed E-state index contributed by atoms with van der Waals surface area (Å²) < 4.78 is 0. The molecule has 0 spiro atoms. The summed E-state index contributed by atoms with van der Waals surface area (Å²) in [6, 6.07) is 7.77. The minimum atomic E-state index is -0.523. The highest BCUT2D eigenvalue weighted by Crippen LogP contribution is 2.32. The first-order chi connectivity index (χ1) is 9.07. The Bertz CT molecular complexity index is 497. The van der Waals surface area contributed by atoms with Gasteiger partial charge >= 0.3 is 0 Å². The Morgan fingerprint density at radius 1 is 1.37 bits per heavy atom. The summed E-state index contributed by atoms with van der Waals surface area (Å²) >= 11 is 0. The molecule has 0 bridgehead atoms. The number of likely N-dealkylation sites (N-methyl/N-ethyl adjacent to an activating group) is 1. The monoisotopic (exact) mass is 260 g/mol. The SMILES string of the molecule is CN(CN1Cc2ccccc2C1=O)CC1(O)CCC1. The zero-order valence-electron chi connectivity index (χ0n) is 11.3. The van der Waals surface area contributed by atoms with E-state index < -0.39 is 5.60 Å². The van der Waals surface area contributed by atoms with Gasteiger partial charge in [0.2, 0.25) is 0 Å². The Morgan fingerprint density at radius 2 is 2.11 bits per heavy atom. The van der Waals surface area contributed by atoms with Crippen LogP contribution in [0.5, 0.6) is 0 Å². The predicted octanol–water partition coefficient (Wildman–Crippen LogP) is 1.45. The van der Waals surface area contributed by atoms with Crippen molar-refractivity contribution in [2.24, 2.45) is 0 Å². The second-order valence-corrected chi connectivity index (χ2v) is 5.89. The lowest BCUT2D eigenvalue weighted by Gasteiger charge is -2.40. The minimum Gasteiger partial charge on any atom is -0.389 e. The summed E-state index contributed by atoms with van der Waals surface area (Å²) in [6.45, 7) is 1.90. The van der Waals surface area contributed by atoms with Gasteiger partial charge in [0.15, 0.2) is 0 Å². The van der Waals surface area contributed by atoms with Crippen LogP contribution in [0, 0.1) is 0 Å². The van der Waals surface area contributed by atoms with E-state index in [0.29, 0.717) is 19.8 Å². The van der Waals surface area contributed by atoms with Gasteiger partial charge in [0.05, 0.1) is 12.3 Å². The Balaban J connectivity index is 1.61. The molecule has 1 N–H and O–H groups in total. The highest BCUT2D eigenvalue weighted by Gasteiger charge is 2.36. The Morgan fingerprint density at radius 3 is 2.74 bits per heavy atom. The molecule has 0 aromatic heterocycles. The molecule has 1 heterocycles. The van der Waals surface area contributed by atoms with Crippen LogP contribution in [-0.2, 0) is 6.54 Å². The maximum Gasteiger partial charge on any atom is 0.255 e. The third kappa shape index (κ3) is 2.38. The van der Waals surface area contributed by atoms with Gasteiger partial charge in [-0.1, -0.05) is 18.2 Å². The molecule has 1 aliphatic carbocycles. The van der Waals surface area contributed by atoms with Gasteiger partial charge in [-0.3, -0.25) is 9.69 Å². The average molecular weight is 260 g/mol.